The average Bonchev–Trinajstić information content (AvgIpc) is 2.95. The molecule has 0 unspecified atom stereocenters. The first-order valence-electron chi connectivity index (χ1n) is 11.7. The molecule has 2 atom stereocenters. The summed E-state index contributed by atoms with van der Waals surface area (Å²) in [5, 5.41) is 11.2. The van der Waals surface area contributed by atoms with E-state index >= 15 is 0 Å². The Morgan fingerprint density at radius 2 is 1.63 bits per heavy atom. The van der Waals surface area contributed by atoms with Crippen molar-refractivity contribution in [1.82, 2.24) is 0 Å². The maximum atomic E-state index is 13.3. The number of anilines is 1. The van der Waals surface area contributed by atoms with E-state index in [0.29, 0.717) is 11.3 Å². The molecule has 1 aliphatic heterocycles. The third-order valence-corrected chi connectivity index (χ3v) is 6.01. The van der Waals surface area contributed by atoms with Crippen LogP contribution in [0, 0.1) is 17.0 Å². The number of non-ortho nitro benzene ring substituents is 1. The highest BCUT2D eigenvalue weighted by molar-refractivity contribution is 6.04. The molecule has 1 heterocycles. The Kier molecular flexibility index (Phi) is 7.98. The zero-order valence-corrected chi connectivity index (χ0v) is 21.1. The highest BCUT2D eigenvalue weighted by Gasteiger charge is 2.43. The van der Waals surface area contributed by atoms with Gasteiger partial charge in [0.1, 0.15) is 17.4 Å². The minimum atomic E-state index is -1.08. The van der Waals surface area contributed by atoms with E-state index in [0.717, 1.165) is 11.1 Å². The fourth-order valence-electron chi connectivity index (χ4n) is 4.23. The summed E-state index contributed by atoms with van der Waals surface area (Å²) in [6.45, 7) is 1.91. The molecule has 38 heavy (non-hydrogen) atoms. The van der Waals surface area contributed by atoms with Crippen molar-refractivity contribution in [2.24, 2.45) is 0 Å². The quantitative estimate of drug-likeness (QED) is 0.243. The summed E-state index contributed by atoms with van der Waals surface area (Å²) in [5.41, 5.74) is 2.59. The first-order valence-corrected chi connectivity index (χ1v) is 11.7. The number of methoxy groups -OCH3 is 2. The lowest BCUT2D eigenvalue weighted by Gasteiger charge is -2.41. The lowest BCUT2D eigenvalue weighted by Crippen LogP contribution is -2.46. The molecule has 0 aliphatic carbocycles. The number of nitro benzene ring substituents is 1. The van der Waals surface area contributed by atoms with Gasteiger partial charge in [0.25, 0.3) is 5.69 Å². The van der Waals surface area contributed by atoms with Gasteiger partial charge in [-0.2, -0.15) is 0 Å². The molecule has 0 saturated heterocycles. The fraction of sp³-hybridized carbons (Fsp3) is 0.172. The Labute approximate surface area is 219 Å². The fourth-order valence-corrected chi connectivity index (χ4v) is 4.23. The molecule has 9 heteroatoms. The van der Waals surface area contributed by atoms with Gasteiger partial charge in [-0.05, 0) is 54.0 Å². The molecule has 0 aromatic heterocycles. The Morgan fingerprint density at radius 1 is 0.947 bits per heavy atom. The van der Waals surface area contributed by atoms with Crippen molar-refractivity contribution >= 4 is 29.4 Å². The van der Waals surface area contributed by atoms with Crippen LogP contribution in [-0.4, -0.2) is 37.3 Å². The second kappa shape index (κ2) is 11.5. The van der Waals surface area contributed by atoms with E-state index in [1.807, 2.05) is 61.5 Å². The van der Waals surface area contributed by atoms with E-state index in [4.69, 9.17) is 14.2 Å². The summed E-state index contributed by atoms with van der Waals surface area (Å²) in [6.07, 6.45) is 1.68. The number of hydrogen-bond donors (Lipinski definition) is 0. The van der Waals surface area contributed by atoms with E-state index in [1.54, 1.807) is 17.0 Å². The summed E-state index contributed by atoms with van der Waals surface area (Å²) in [5.74, 6) is -1.56. The number of benzene rings is 3. The minimum Gasteiger partial charge on any atom is -0.466 e. The molecule has 0 bridgehead atoms. The first-order chi connectivity index (χ1) is 18.3. The Morgan fingerprint density at radius 3 is 2.24 bits per heavy atom. The highest BCUT2D eigenvalue weighted by Crippen LogP contribution is 2.41. The predicted molar refractivity (Wildman–Crippen MR) is 141 cm³/mol. The first kappa shape index (κ1) is 26.3. The van der Waals surface area contributed by atoms with Crippen molar-refractivity contribution in [2.75, 3.05) is 19.1 Å². The highest BCUT2D eigenvalue weighted by atomic mass is 16.6. The van der Waals surface area contributed by atoms with E-state index in [9.17, 15) is 19.7 Å². The summed E-state index contributed by atoms with van der Waals surface area (Å²) < 4.78 is 16.7. The summed E-state index contributed by atoms with van der Waals surface area (Å²) in [4.78, 5) is 38.7. The van der Waals surface area contributed by atoms with Crippen molar-refractivity contribution < 1.29 is 28.7 Å². The molecule has 9 nitrogen and oxygen atoms in total. The van der Waals surface area contributed by atoms with Gasteiger partial charge >= 0.3 is 11.9 Å². The van der Waals surface area contributed by atoms with Crippen molar-refractivity contribution in [1.29, 1.82) is 0 Å². The molecule has 0 N–H and O–H groups in total. The molecular weight excluding hydrogens is 488 g/mol. The number of nitrogens with zero attached hydrogens (tertiary/aromatic N) is 2. The van der Waals surface area contributed by atoms with Crippen LogP contribution >= 0.6 is 0 Å². The van der Waals surface area contributed by atoms with Gasteiger partial charge in [0.2, 0.25) is 0 Å². The molecule has 4 rings (SSSR count). The summed E-state index contributed by atoms with van der Waals surface area (Å²) in [7, 11) is 2.43. The van der Waals surface area contributed by atoms with Gasteiger partial charge in [0.05, 0.1) is 19.1 Å². The molecular formula is C29H26N2O7. The maximum Gasteiger partial charge on any atom is 0.355 e. The number of ether oxygens (including phenoxy) is 3. The number of esters is 2. The Bertz CT molecular complexity index is 1400. The van der Waals surface area contributed by atoms with Crippen LogP contribution in [0.5, 0.6) is 0 Å². The second-order valence-corrected chi connectivity index (χ2v) is 8.48. The van der Waals surface area contributed by atoms with Crippen molar-refractivity contribution in [3.63, 3.8) is 0 Å². The molecule has 0 amide bonds. The van der Waals surface area contributed by atoms with Gasteiger partial charge in [-0.25, -0.2) is 9.59 Å². The van der Waals surface area contributed by atoms with E-state index in [2.05, 4.69) is 0 Å². The lowest BCUT2D eigenvalue weighted by atomic mass is 9.95. The van der Waals surface area contributed by atoms with Gasteiger partial charge in [-0.1, -0.05) is 48.5 Å². The SMILES string of the molecule is COC(=O)C1=C(C(=O)OC)N(c2cccc(C)c2)[C@@H](/C=C/c2ccccc2)O[C@H]1c1ccc([N+](=O)[O-])cc1. The third kappa shape index (κ3) is 5.47. The number of carbonyl (C=O) groups is 2. The molecule has 0 spiro atoms. The second-order valence-electron chi connectivity index (χ2n) is 8.48. The Balaban J connectivity index is 1.96. The van der Waals surface area contributed by atoms with Crippen LogP contribution in [-0.2, 0) is 23.8 Å². The standard InChI is InChI=1S/C29H26N2O7/c1-19-8-7-11-23(18-19)30-24(17-12-20-9-5-4-6-10-20)38-27(21-13-15-22(16-14-21)31(34)35)25(28(32)36-2)26(30)29(33)37-3/h4-18,24,27H,1-3H3/b17-12+/t24-,27+/m1/s1. The minimum absolute atomic E-state index is 0.0535. The van der Waals surface area contributed by atoms with Crippen LogP contribution in [0.2, 0.25) is 0 Å². The summed E-state index contributed by atoms with van der Waals surface area (Å²) >= 11 is 0. The normalized spacial score (nSPS) is 17.4. The molecule has 194 valence electrons. The summed E-state index contributed by atoms with van der Waals surface area (Å²) in [6, 6.07) is 22.5. The van der Waals surface area contributed by atoms with Crippen LogP contribution in [0.3, 0.4) is 0 Å². The smallest absolute Gasteiger partial charge is 0.355 e. The molecule has 0 fully saturated rings. The van der Waals surface area contributed by atoms with Crippen LogP contribution in [0.1, 0.15) is 22.8 Å². The molecule has 1 aliphatic rings. The molecule has 3 aromatic rings. The van der Waals surface area contributed by atoms with Gasteiger partial charge in [0.15, 0.2) is 6.23 Å². The van der Waals surface area contributed by atoms with E-state index in [1.165, 1.54) is 38.5 Å². The van der Waals surface area contributed by atoms with Crippen LogP contribution < -0.4 is 4.90 Å². The van der Waals surface area contributed by atoms with E-state index < -0.39 is 29.2 Å². The zero-order chi connectivity index (χ0) is 27.2. The van der Waals surface area contributed by atoms with Gasteiger partial charge in [-0.15, -0.1) is 0 Å². The van der Waals surface area contributed by atoms with Crippen molar-refractivity contribution in [3.05, 3.63) is 123 Å². The number of nitro groups is 1. The van der Waals surface area contributed by atoms with Crippen LogP contribution in [0.25, 0.3) is 6.08 Å². The largest absolute Gasteiger partial charge is 0.466 e. The number of hydrogen-bond acceptors (Lipinski definition) is 8. The maximum absolute atomic E-state index is 13.3. The van der Waals surface area contributed by atoms with Crippen LogP contribution in [0.15, 0.2) is 96.2 Å². The molecule has 0 radical (unpaired) electrons. The van der Waals surface area contributed by atoms with Gasteiger partial charge in [-0.3, -0.25) is 10.1 Å². The average molecular weight is 515 g/mol. The van der Waals surface area contributed by atoms with Gasteiger partial charge in [0, 0.05) is 17.8 Å². The third-order valence-electron chi connectivity index (χ3n) is 6.01. The molecule has 0 saturated carbocycles. The molecule has 3 aromatic carbocycles. The number of rotatable bonds is 7. The van der Waals surface area contributed by atoms with Crippen molar-refractivity contribution in [2.45, 2.75) is 19.3 Å². The monoisotopic (exact) mass is 514 g/mol. The topological polar surface area (TPSA) is 108 Å². The number of carbonyl (C=O) groups excluding carboxylic acids is 2. The Hall–Kier alpha value is -4.76. The van der Waals surface area contributed by atoms with Crippen molar-refractivity contribution in [3.8, 4) is 0 Å². The van der Waals surface area contributed by atoms with Gasteiger partial charge < -0.3 is 19.1 Å². The number of aryl methyl sites for hydroxylation is 1. The van der Waals surface area contributed by atoms with E-state index in [-0.39, 0.29) is 17.0 Å². The van der Waals surface area contributed by atoms with Crippen LogP contribution in [0.4, 0.5) is 11.4 Å². The lowest BCUT2D eigenvalue weighted by molar-refractivity contribution is -0.384. The zero-order valence-electron chi connectivity index (χ0n) is 21.1. The predicted octanol–water partition coefficient (Wildman–Crippen LogP) is 5.12.